The normalized spacial score (nSPS) is 21.0. The molecular weight excluding hydrogens is 321 g/mol. The number of nitrogens with one attached hydrogen (secondary N) is 1. The summed E-state index contributed by atoms with van der Waals surface area (Å²) < 4.78 is 13.2. The average molecular weight is 342 g/mol. The lowest BCUT2D eigenvalue weighted by atomic mass is 10.1. The first-order valence-electron chi connectivity index (χ1n) is 7.69. The van der Waals surface area contributed by atoms with E-state index < -0.39 is 5.82 Å². The Kier molecular flexibility index (Phi) is 5.96. The van der Waals surface area contributed by atoms with Crippen LogP contribution in [0.2, 0.25) is 0 Å². The van der Waals surface area contributed by atoms with Gasteiger partial charge in [0, 0.05) is 38.3 Å². The molecule has 2 amide bonds. The maximum Gasteiger partial charge on any atom is 0.254 e. The number of rotatable bonds is 2. The van der Waals surface area contributed by atoms with Gasteiger partial charge in [0.2, 0.25) is 5.91 Å². The van der Waals surface area contributed by atoms with E-state index in [-0.39, 0.29) is 30.1 Å². The maximum atomic E-state index is 13.2. The van der Waals surface area contributed by atoms with Crippen LogP contribution in [0.15, 0.2) is 24.3 Å². The van der Waals surface area contributed by atoms with Crippen LogP contribution in [-0.4, -0.2) is 60.9 Å². The van der Waals surface area contributed by atoms with Gasteiger partial charge in [-0.15, -0.1) is 12.4 Å². The van der Waals surface area contributed by atoms with Gasteiger partial charge in [0.1, 0.15) is 5.82 Å². The second-order valence-corrected chi connectivity index (χ2v) is 5.82. The number of nitrogens with zero attached hydrogens (tertiary/aromatic N) is 2. The highest BCUT2D eigenvalue weighted by atomic mass is 35.5. The van der Waals surface area contributed by atoms with E-state index in [2.05, 4.69) is 5.32 Å². The van der Waals surface area contributed by atoms with E-state index in [0.29, 0.717) is 31.7 Å². The number of hydrogen-bond donors (Lipinski definition) is 1. The van der Waals surface area contributed by atoms with Crippen molar-refractivity contribution in [3.63, 3.8) is 0 Å². The number of amides is 2. The molecule has 0 aromatic heterocycles. The van der Waals surface area contributed by atoms with E-state index in [0.717, 1.165) is 19.5 Å². The van der Waals surface area contributed by atoms with Gasteiger partial charge in [-0.2, -0.15) is 0 Å². The van der Waals surface area contributed by atoms with Gasteiger partial charge in [0.05, 0.1) is 5.92 Å². The lowest BCUT2D eigenvalue weighted by Crippen LogP contribution is -2.52. The molecule has 0 aliphatic carbocycles. The summed E-state index contributed by atoms with van der Waals surface area (Å²) in [5.74, 6) is -0.323. The molecule has 0 bridgehead atoms. The van der Waals surface area contributed by atoms with Crippen LogP contribution in [0.25, 0.3) is 0 Å². The van der Waals surface area contributed by atoms with Gasteiger partial charge >= 0.3 is 0 Å². The molecule has 2 aliphatic rings. The minimum Gasteiger partial charge on any atom is -0.339 e. The number of halogens is 2. The van der Waals surface area contributed by atoms with Gasteiger partial charge in [-0.1, -0.05) is 6.07 Å². The lowest BCUT2D eigenvalue weighted by molar-refractivity contribution is -0.136. The third-order valence-electron chi connectivity index (χ3n) is 4.36. The van der Waals surface area contributed by atoms with Crippen LogP contribution >= 0.6 is 12.4 Å². The SMILES string of the molecule is Cl.O=C(c1cccc(F)c1)N1CCN(C(=O)C2CCNC2)CC1. The fraction of sp³-hybridized carbons (Fsp3) is 0.500. The van der Waals surface area contributed by atoms with E-state index in [1.54, 1.807) is 11.0 Å². The first-order valence-corrected chi connectivity index (χ1v) is 7.69. The number of carbonyl (C=O) groups excluding carboxylic acids is 2. The predicted octanol–water partition coefficient (Wildman–Crippen LogP) is 1.14. The summed E-state index contributed by atoms with van der Waals surface area (Å²) in [5.41, 5.74) is 0.361. The highest BCUT2D eigenvalue weighted by molar-refractivity contribution is 5.94. The maximum absolute atomic E-state index is 13.2. The van der Waals surface area contributed by atoms with E-state index in [9.17, 15) is 14.0 Å². The Morgan fingerprint density at radius 2 is 1.83 bits per heavy atom. The number of benzene rings is 1. The third kappa shape index (κ3) is 4.00. The minimum absolute atomic E-state index is 0. The van der Waals surface area contributed by atoms with E-state index in [4.69, 9.17) is 0 Å². The van der Waals surface area contributed by atoms with Crippen LogP contribution in [0.5, 0.6) is 0 Å². The van der Waals surface area contributed by atoms with Gasteiger partial charge < -0.3 is 15.1 Å². The molecule has 5 nitrogen and oxygen atoms in total. The van der Waals surface area contributed by atoms with Crippen LogP contribution in [0.3, 0.4) is 0 Å². The largest absolute Gasteiger partial charge is 0.339 e. The molecule has 1 unspecified atom stereocenters. The van der Waals surface area contributed by atoms with Crippen LogP contribution in [-0.2, 0) is 4.79 Å². The fourth-order valence-corrected chi connectivity index (χ4v) is 3.06. The number of piperazine rings is 1. The summed E-state index contributed by atoms with van der Waals surface area (Å²) in [5, 5.41) is 3.20. The standard InChI is InChI=1S/C16H20FN3O2.ClH/c17-14-3-1-2-12(10-14)15(21)19-6-8-20(9-7-19)16(22)13-4-5-18-11-13;/h1-3,10,13,18H,4-9,11H2;1H. The summed E-state index contributed by atoms with van der Waals surface area (Å²) in [4.78, 5) is 28.2. The molecule has 1 aromatic carbocycles. The molecule has 2 fully saturated rings. The summed E-state index contributed by atoms with van der Waals surface area (Å²) in [6, 6.07) is 5.73. The predicted molar refractivity (Wildman–Crippen MR) is 87.1 cm³/mol. The Balaban J connectivity index is 0.00000192. The Morgan fingerprint density at radius 1 is 1.13 bits per heavy atom. The number of hydrogen-bond acceptors (Lipinski definition) is 3. The Bertz CT molecular complexity index is 570. The molecular formula is C16H21ClFN3O2. The highest BCUT2D eigenvalue weighted by Crippen LogP contribution is 2.15. The Hall–Kier alpha value is -1.66. The average Bonchev–Trinajstić information content (AvgIpc) is 3.08. The van der Waals surface area contributed by atoms with Crippen molar-refractivity contribution in [1.29, 1.82) is 0 Å². The molecule has 0 radical (unpaired) electrons. The Labute approximate surface area is 141 Å². The molecule has 2 saturated heterocycles. The van der Waals surface area contributed by atoms with E-state index in [1.807, 2.05) is 4.90 Å². The molecule has 2 aliphatic heterocycles. The minimum atomic E-state index is -0.409. The molecule has 3 rings (SSSR count). The smallest absolute Gasteiger partial charge is 0.254 e. The van der Waals surface area contributed by atoms with Gasteiger partial charge in [-0.3, -0.25) is 9.59 Å². The van der Waals surface area contributed by atoms with Crippen LogP contribution in [0.1, 0.15) is 16.8 Å². The molecule has 7 heteroatoms. The van der Waals surface area contributed by atoms with Crippen LogP contribution in [0.4, 0.5) is 4.39 Å². The van der Waals surface area contributed by atoms with Crippen LogP contribution in [0, 0.1) is 11.7 Å². The van der Waals surface area contributed by atoms with E-state index >= 15 is 0 Å². The summed E-state index contributed by atoms with van der Waals surface area (Å²) >= 11 is 0. The third-order valence-corrected chi connectivity index (χ3v) is 4.36. The quantitative estimate of drug-likeness (QED) is 0.877. The first kappa shape index (κ1) is 17.7. The van der Waals surface area contributed by atoms with Crippen molar-refractivity contribution in [2.75, 3.05) is 39.3 Å². The van der Waals surface area contributed by atoms with Crippen molar-refractivity contribution in [3.05, 3.63) is 35.6 Å². The molecule has 126 valence electrons. The monoisotopic (exact) mass is 341 g/mol. The van der Waals surface area contributed by atoms with Crippen LogP contribution < -0.4 is 5.32 Å². The molecule has 23 heavy (non-hydrogen) atoms. The Morgan fingerprint density at radius 3 is 2.43 bits per heavy atom. The zero-order valence-electron chi connectivity index (χ0n) is 12.8. The van der Waals surface area contributed by atoms with Crippen molar-refractivity contribution in [1.82, 2.24) is 15.1 Å². The van der Waals surface area contributed by atoms with Crippen molar-refractivity contribution in [2.45, 2.75) is 6.42 Å². The summed E-state index contributed by atoms with van der Waals surface area (Å²) in [6.45, 7) is 3.75. The van der Waals surface area contributed by atoms with Gasteiger partial charge in [0.15, 0.2) is 0 Å². The van der Waals surface area contributed by atoms with Crippen molar-refractivity contribution < 1.29 is 14.0 Å². The molecule has 0 saturated carbocycles. The second-order valence-electron chi connectivity index (χ2n) is 5.82. The zero-order chi connectivity index (χ0) is 15.5. The van der Waals surface area contributed by atoms with Crippen molar-refractivity contribution in [3.8, 4) is 0 Å². The molecule has 0 spiro atoms. The first-order chi connectivity index (χ1) is 10.6. The van der Waals surface area contributed by atoms with Crippen molar-refractivity contribution >= 4 is 24.2 Å². The molecule has 2 heterocycles. The van der Waals surface area contributed by atoms with Gasteiger partial charge in [-0.05, 0) is 31.2 Å². The molecule has 1 atom stereocenters. The van der Waals surface area contributed by atoms with Gasteiger partial charge in [-0.25, -0.2) is 4.39 Å². The molecule has 1 aromatic rings. The van der Waals surface area contributed by atoms with E-state index in [1.165, 1.54) is 18.2 Å². The van der Waals surface area contributed by atoms with Crippen molar-refractivity contribution in [2.24, 2.45) is 5.92 Å². The molecule has 1 N–H and O–H groups in total. The topological polar surface area (TPSA) is 52.7 Å². The van der Waals surface area contributed by atoms with Gasteiger partial charge in [0.25, 0.3) is 5.91 Å². The second kappa shape index (κ2) is 7.75. The zero-order valence-corrected chi connectivity index (χ0v) is 13.7. The summed E-state index contributed by atoms with van der Waals surface area (Å²) in [7, 11) is 0. The highest BCUT2D eigenvalue weighted by Gasteiger charge is 2.30. The summed E-state index contributed by atoms with van der Waals surface area (Å²) in [6.07, 6.45) is 0.890. The fourth-order valence-electron chi connectivity index (χ4n) is 3.06. The number of carbonyl (C=O) groups is 2. The lowest BCUT2D eigenvalue weighted by Gasteiger charge is -2.36.